The van der Waals surface area contributed by atoms with Crippen LogP contribution in [0.1, 0.15) is 24.2 Å². The molecule has 5 nitrogen and oxygen atoms in total. The Labute approximate surface area is 98.3 Å². The summed E-state index contributed by atoms with van der Waals surface area (Å²) < 4.78 is 1.78. The van der Waals surface area contributed by atoms with Gasteiger partial charge in [-0.25, -0.2) is 9.97 Å². The molecule has 0 aromatic carbocycles. The number of nitrogens with two attached hydrogens (primary N) is 1. The Morgan fingerprint density at radius 2 is 2.06 bits per heavy atom. The number of hydrogen-bond donors (Lipinski definition) is 1. The number of halogens is 1. The highest BCUT2D eigenvalue weighted by Crippen LogP contribution is 2.25. The molecule has 0 aliphatic carbocycles. The molecule has 1 unspecified atom stereocenters. The lowest BCUT2D eigenvalue weighted by molar-refractivity contribution is 0.599. The van der Waals surface area contributed by atoms with Crippen LogP contribution in [0.2, 0.25) is 5.02 Å². The predicted octanol–water partition coefficient (Wildman–Crippen LogP) is 1.39. The topological polar surface area (TPSA) is 69.6 Å². The van der Waals surface area contributed by atoms with E-state index in [2.05, 4.69) is 15.1 Å². The second-order valence-electron chi connectivity index (χ2n) is 3.34. The highest BCUT2D eigenvalue weighted by molar-refractivity contribution is 6.31. The number of rotatable bonds is 3. The van der Waals surface area contributed by atoms with E-state index in [1.165, 1.54) is 6.33 Å². The maximum atomic E-state index is 6.11. The largest absolute Gasteiger partial charge is 0.319 e. The number of aryl methyl sites for hydroxylation is 1. The monoisotopic (exact) mass is 237 g/mol. The molecule has 0 saturated carbocycles. The van der Waals surface area contributed by atoms with Crippen LogP contribution in [-0.2, 0) is 6.54 Å². The quantitative estimate of drug-likeness (QED) is 0.876. The van der Waals surface area contributed by atoms with Crippen LogP contribution < -0.4 is 5.73 Å². The van der Waals surface area contributed by atoms with Crippen molar-refractivity contribution in [3.8, 4) is 0 Å². The molecule has 16 heavy (non-hydrogen) atoms. The number of aromatic nitrogens is 4. The third kappa shape index (κ3) is 1.91. The summed E-state index contributed by atoms with van der Waals surface area (Å²) in [4.78, 5) is 7.87. The molecule has 0 spiro atoms. The van der Waals surface area contributed by atoms with Gasteiger partial charge in [0.25, 0.3) is 0 Å². The Balaban J connectivity index is 2.41. The first-order valence-electron chi connectivity index (χ1n) is 4.95. The average Bonchev–Trinajstić information content (AvgIpc) is 2.70. The molecular weight excluding hydrogens is 226 g/mol. The molecule has 84 valence electrons. The first-order valence-corrected chi connectivity index (χ1v) is 5.33. The molecule has 0 radical (unpaired) electrons. The zero-order valence-corrected chi connectivity index (χ0v) is 9.59. The summed E-state index contributed by atoms with van der Waals surface area (Å²) in [6.45, 7) is 2.71. The minimum absolute atomic E-state index is 0.351. The highest BCUT2D eigenvalue weighted by Gasteiger charge is 2.18. The van der Waals surface area contributed by atoms with Gasteiger partial charge in [0.15, 0.2) is 0 Å². The molecule has 2 rings (SSSR count). The molecule has 0 fully saturated rings. The molecule has 2 heterocycles. The molecule has 0 aliphatic rings. The van der Waals surface area contributed by atoms with Crippen molar-refractivity contribution in [2.24, 2.45) is 5.73 Å². The Kier molecular flexibility index (Phi) is 3.17. The first-order chi connectivity index (χ1) is 7.74. The summed E-state index contributed by atoms with van der Waals surface area (Å²) in [5, 5.41) is 4.71. The van der Waals surface area contributed by atoms with E-state index < -0.39 is 0 Å². The minimum atomic E-state index is -0.351. The lowest BCUT2D eigenvalue weighted by Gasteiger charge is -2.13. The maximum Gasteiger partial charge on any atom is 0.115 e. The van der Waals surface area contributed by atoms with E-state index in [1.54, 1.807) is 23.3 Å². The van der Waals surface area contributed by atoms with Gasteiger partial charge in [-0.2, -0.15) is 5.10 Å². The first kappa shape index (κ1) is 11.0. The van der Waals surface area contributed by atoms with E-state index in [4.69, 9.17) is 17.3 Å². The molecule has 2 aromatic rings. The van der Waals surface area contributed by atoms with Crippen molar-refractivity contribution in [1.29, 1.82) is 0 Å². The summed E-state index contributed by atoms with van der Waals surface area (Å²) in [6.07, 6.45) is 6.43. The number of hydrogen-bond acceptors (Lipinski definition) is 4. The summed E-state index contributed by atoms with van der Waals surface area (Å²) in [6, 6.07) is -0.351. The highest BCUT2D eigenvalue weighted by atomic mass is 35.5. The van der Waals surface area contributed by atoms with Crippen LogP contribution in [0, 0.1) is 0 Å². The van der Waals surface area contributed by atoms with Gasteiger partial charge in [-0.1, -0.05) is 11.6 Å². The fraction of sp³-hybridized carbons (Fsp3) is 0.300. The molecule has 0 amide bonds. The lowest BCUT2D eigenvalue weighted by atomic mass is 10.1. The molecular formula is C10H12ClN5. The smallest absolute Gasteiger partial charge is 0.115 e. The van der Waals surface area contributed by atoms with E-state index in [-0.39, 0.29) is 6.04 Å². The van der Waals surface area contributed by atoms with Crippen LogP contribution in [0.3, 0.4) is 0 Å². The van der Waals surface area contributed by atoms with Crippen LogP contribution in [0.25, 0.3) is 0 Å². The van der Waals surface area contributed by atoms with Gasteiger partial charge in [-0.15, -0.1) is 0 Å². The molecule has 0 saturated heterocycles. The maximum absolute atomic E-state index is 6.11. The van der Waals surface area contributed by atoms with E-state index in [0.717, 1.165) is 17.8 Å². The summed E-state index contributed by atoms with van der Waals surface area (Å²) in [5.74, 6) is 0. The van der Waals surface area contributed by atoms with Crippen LogP contribution >= 0.6 is 11.6 Å². The normalized spacial score (nSPS) is 12.7. The zero-order valence-electron chi connectivity index (χ0n) is 8.84. The van der Waals surface area contributed by atoms with Crippen molar-refractivity contribution < 1.29 is 0 Å². The van der Waals surface area contributed by atoms with Gasteiger partial charge in [0.05, 0.1) is 23.0 Å². The van der Waals surface area contributed by atoms with Crippen LogP contribution in [0.4, 0.5) is 0 Å². The summed E-state index contributed by atoms with van der Waals surface area (Å²) in [7, 11) is 0. The Hall–Kier alpha value is -1.46. The summed E-state index contributed by atoms with van der Waals surface area (Å²) >= 11 is 6.06. The van der Waals surface area contributed by atoms with Crippen LogP contribution in [0.5, 0.6) is 0 Å². The van der Waals surface area contributed by atoms with Gasteiger partial charge in [-0.3, -0.25) is 4.68 Å². The third-order valence-electron chi connectivity index (χ3n) is 2.37. The van der Waals surface area contributed by atoms with Crippen molar-refractivity contribution >= 4 is 11.6 Å². The molecule has 6 heteroatoms. The van der Waals surface area contributed by atoms with Gasteiger partial charge in [0.2, 0.25) is 0 Å². The van der Waals surface area contributed by atoms with Gasteiger partial charge in [-0.05, 0) is 6.92 Å². The van der Waals surface area contributed by atoms with Crippen LogP contribution in [0.15, 0.2) is 24.9 Å². The van der Waals surface area contributed by atoms with Crippen molar-refractivity contribution in [3.63, 3.8) is 0 Å². The summed E-state index contributed by atoms with van der Waals surface area (Å²) in [5.41, 5.74) is 7.72. The van der Waals surface area contributed by atoms with Crippen molar-refractivity contribution in [1.82, 2.24) is 19.7 Å². The van der Waals surface area contributed by atoms with Gasteiger partial charge < -0.3 is 5.73 Å². The molecule has 1 atom stereocenters. The lowest BCUT2D eigenvalue weighted by Crippen LogP contribution is -2.18. The third-order valence-corrected chi connectivity index (χ3v) is 2.66. The van der Waals surface area contributed by atoms with E-state index in [9.17, 15) is 0 Å². The zero-order chi connectivity index (χ0) is 11.5. The second-order valence-corrected chi connectivity index (χ2v) is 3.75. The number of nitrogens with zero attached hydrogens (tertiary/aromatic N) is 4. The van der Waals surface area contributed by atoms with Crippen molar-refractivity contribution in [3.05, 3.63) is 41.2 Å². The molecule has 2 N–H and O–H groups in total. The Bertz CT molecular complexity index is 467. The van der Waals surface area contributed by atoms with E-state index in [0.29, 0.717) is 5.02 Å². The van der Waals surface area contributed by atoms with E-state index >= 15 is 0 Å². The van der Waals surface area contributed by atoms with Crippen molar-refractivity contribution in [2.45, 2.75) is 19.5 Å². The van der Waals surface area contributed by atoms with E-state index in [1.807, 2.05) is 6.92 Å². The molecule has 2 aromatic heterocycles. The predicted molar refractivity (Wildman–Crippen MR) is 61.0 cm³/mol. The standard InChI is InChI=1S/C10H12ClN5/c1-2-16-10(8(11)5-15-16)9(12)7-3-13-6-14-4-7/h3-6,9H,2,12H2,1H3. The van der Waals surface area contributed by atoms with Crippen LogP contribution in [-0.4, -0.2) is 19.7 Å². The Morgan fingerprint density at radius 1 is 1.38 bits per heavy atom. The molecule has 0 bridgehead atoms. The molecule has 0 aliphatic heterocycles. The second kappa shape index (κ2) is 4.59. The van der Waals surface area contributed by atoms with Gasteiger partial charge in [0.1, 0.15) is 6.33 Å². The SMILES string of the molecule is CCn1ncc(Cl)c1C(N)c1cncnc1. The Morgan fingerprint density at radius 3 is 2.69 bits per heavy atom. The average molecular weight is 238 g/mol. The van der Waals surface area contributed by atoms with Gasteiger partial charge >= 0.3 is 0 Å². The fourth-order valence-electron chi connectivity index (χ4n) is 1.56. The fourth-order valence-corrected chi connectivity index (χ4v) is 1.82. The van der Waals surface area contributed by atoms with Gasteiger partial charge in [0, 0.05) is 24.5 Å². The minimum Gasteiger partial charge on any atom is -0.319 e. The van der Waals surface area contributed by atoms with Crippen molar-refractivity contribution in [2.75, 3.05) is 0 Å².